The molecule has 0 saturated heterocycles. The van der Waals surface area contributed by atoms with E-state index in [1.165, 1.54) is 19.3 Å². The first-order valence-corrected chi connectivity index (χ1v) is 7.34. The average molecular weight is 278 g/mol. The van der Waals surface area contributed by atoms with E-state index in [9.17, 15) is 5.11 Å². The molecule has 1 N–H and O–H groups in total. The van der Waals surface area contributed by atoms with Crippen LogP contribution in [0.5, 0.6) is 11.8 Å². The zero-order valence-corrected chi connectivity index (χ0v) is 12.1. The lowest BCUT2D eigenvalue weighted by molar-refractivity contribution is -0.0310. The molecule has 0 spiro atoms. The zero-order chi connectivity index (χ0) is 14.2. The van der Waals surface area contributed by atoms with Gasteiger partial charge in [-0.1, -0.05) is 0 Å². The van der Waals surface area contributed by atoms with Crippen molar-refractivity contribution in [3.05, 3.63) is 11.9 Å². The highest BCUT2D eigenvalue weighted by molar-refractivity contribution is 5.28. The standard InChI is InChI=1S/C15H22N2O3/c1-19-12-9-16-13(14(17-12)20-2)15(18)7-3-4-11(8-15)10-5-6-10/h9-11,18H,3-8H2,1-2H3. The number of nitrogens with zero attached hydrogens (tertiary/aromatic N) is 2. The highest BCUT2D eigenvalue weighted by Crippen LogP contribution is 2.50. The Bertz CT molecular complexity index is 490. The van der Waals surface area contributed by atoms with Crippen LogP contribution in [-0.2, 0) is 5.60 Å². The minimum Gasteiger partial charge on any atom is -0.480 e. The number of ether oxygens (including phenoxy) is 2. The second kappa shape index (κ2) is 5.20. The molecule has 1 heterocycles. The van der Waals surface area contributed by atoms with Crippen molar-refractivity contribution in [2.45, 2.75) is 44.1 Å². The normalized spacial score (nSPS) is 30.1. The summed E-state index contributed by atoms with van der Waals surface area (Å²) in [5.41, 5.74) is -0.345. The van der Waals surface area contributed by atoms with Crippen molar-refractivity contribution in [3.8, 4) is 11.8 Å². The first-order valence-electron chi connectivity index (χ1n) is 7.34. The lowest BCUT2D eigenvalue weighted by Gasteiger charge is -2.36. The third-order valence-corrected chi connectivity index (χ3v) is 4.62. The fourth-order valence-corrected chi connectivity index (χ4v) is 3.40. The Morgan fingerprint density at radius 1 is 1.20 bits per heavy atom. The van der Waals surface area contributed by atoms with E-state index in [2.05, 4.69) is 9.97 Å². The van der Waals surface area contributed by atoms with Crippen molar-refractivity contribution in [1.29, 1.82) is 0 Å². The molecule has 1 aromatic rings. The van der Waals surface area contributed by atoms with Crippen LogP contribution in [0.1, 0.15) is 44.2 Å². The predicted molar refractivity (Wildman–Crippen MR) is 73.7 cm³/mol. The molecular formula is C15H22N2O3. The monoisotopic (exact) mass is 278 g/mol. The lowest BCUT2D eigenvalue weighted by atomic mass is 9.74. The highest BCUT2D eigenvalue weighted by Gasteiger charge is 2.44. The molecule has 0 bridgehead atoms. The largest absolute Gasteiger partial charge is 0.480 e. The molecule has 2 atom stereocenters. The Morgan fingerprint density at radius 3 is 2.65 bits per heavy atom. The Hall–Kier alpha value is -1.36. The molecule has 0 amide bonds. The van der Waals surface area contributed by atoms with Crippen LogP contribution in [0.2, 0.25) is 0 Å². The minimum atomic E-state index is -0.907. The fourth-order valence-electron chi connectivity index (χ4n) is 3.40. The molecule has 2 unspecified atom stereocenters. The number of aromatic nitrogens is 2. The van der Waals surface area contributed by atoms with Crippen molar-refractivity contribution in [2.24, 2.45) is 11.8 Å². The van der Waals surface area contributed by atoms with Gasteiger partial charge in [0, 0.05) is 0 Å². The summed E-state index contributed by atoms with van der Waals surface area (Å²) in [6.07, 6.45) is 7.94. The summed E-state index contributed by atoms with van der Waals surface area (Å²) in [7, 11) is 3.10. The molecule has 5 nitrogen and oxygen atoms in total. The van der Waals surface area contributed by atoms with Crippen LogP contribution in [0.15, 0.2) is 6.20 Å². The van der Waals surface area contributed by atoms with Gasteiger partial charge in [-0.15, -0.1) is 0 Å². The molecule has 0 aromatic carbocycles. The van der Waals surface area contributed by atoms with Crippen LogP contribution in [0.3, 0.4) is 0 Å². The van der Waals surface area contributed by atoms with Gasteiger partial charge in [0.2, 0.25) is 11.8 Å². The second-order valence-electron chi connectivity index (χ2n) is 6.00. The van der Waals surface area contributed by atoms with Crippen LogP contribution in [0.25, 0.3) is 0 Å². The van der Waals surface area contributed by atoms with E-state index < -0.39 is 5.60 Å². The summed E-state index contributed by atoms with van der Waals surface area (Å²) in [5, 5.41) is 11.0. The van der Waals surface area contributed by atoms with Gasteiger partial charge in [-0.2, -0.15) is 4.98 Å². The van der Waals surface area contributed by atoms with Crippen molar-refractivity contribution in [1.82, 2.24) is 9.97 Å². The quantitative estimate of drug-likeness (QED) is 0.915. The first kappa shape index (κ1) is 13.6. The number of rotatable bonds is 4. The van der Waals surface area contributed by atoms with Crippen LogP contribution in [0, 0.1) is 11.8 Å². The van der Waals surface area contributed by atoms with E-state index >= 15 is 0 Å². The molecule has 20 heavy (non-hydrogen) atoms. The molecule has 2 aliphatic carbocycles. The van der Waals surface area contributed by atoms with Gasteiger partial charge in [0.1, 0.15) is 11.3 Å². The van der Waals surface area contributed by atoms with Crippen LogP contribution in [-0.4, -0.2) is 29.3 Å². The molecule has 5 heteroatoms. The zero-order valence-electron chi connectivity index (χ0n) is 12.1. The van der Waals surface area contributed by atoms with Gasteiger partial charge in [-0.25, -0.2) is 4.98 Å². The van der Waals surface area contributed by atoms with Gasteiger partial charge in [-0.05, 0) is 50.4 Å². The molecule has 2 aliphatic rings. The molecular weight excluding hydrogens is 256 g/mol. The topological polar surface area (TPSA) is 64.5 Å². The van der Waals surface area contributed by atoms with Crippen LogP contribution in [0.4, 0.5) is 0 Å². The Kier molecular flexibility index (Phi) is 3.54. The summed E-state index contributed by atoms with van der Waals surface area (Å²) in [5.74, 6) is 2.20. The van der Waals surface area contributed by atoms with E-state index in [4.69, 9.17) is 9.47 Å². The number of methoxy groups -OCH3 is 2. The lowest BCUT2D eigenvalue weighted by Crippen LogP contribution is -2.35. The third-order valence-electron chi connectivity index (χ3n) is 4.62. The van der Waals surface area contributed by atoms with Crippen LogP contribution >= 0.6 is 0 Å². The van der Waals surface area contributed by atoms with Gasteiger partial charge in [0.15, 0.2) is 0 Å². The maximum atomic E-state index is 11.0. The summed E-state index contributed by atoms with van der Waals surface area (Å²) < 4.78 is 10.4. The predicted octanol–water partition coefficient (Wildman–Crippen LogP) is 2.28. The third kappa shape index (κ3) is 2.46. The minimum absolute atomic E-state index is 0.378. The molecule has 2 saturated carbocycles. The summed E-state index contributed by atoms with van der Waals surface area (Å²) in [6.45, 7) is 0. The maximum absolute atomic E-state index is 11.0. The van der Waals surface area contributed by atoms with Crippen molar-refractivity contribution >= 4 is 0 Å². The van der Waals surface area contributed by atoms with E-state index in [1.807, 2.05) is 0 Å². The summed E-state index contributed by atoms with van der Waals surface area (Å²) in [4.78, 5) is 8.62. The first-order chi connectivity index (χ1) is 9.66. The van der Waals surface area contributed by atoms with E-state index in [0.717, 1.165) is 25.2 Å². The van der Waals surface area contributed by atoms with Crippen molar-refractivity contribution < 1.29 is 14.6 Å². The Labute approximate surface area is 119 Å². The SMILES string of the molecule is COc1cnc(C2(O)CCCC(C3CC3)C2)c(OC)n1. The maximum Gasteiger partial charge on any atom is 0.241 e. The van der Waals surface area contributed by atoms with Gasteiger partial charge >= 0.3 is 0 Å². The second-order valence-corrected chi connectivity index (χ2v) is 6.00. The fraction of sp³-hybridized carbons (Fsp3) is 0.733. The highest BCUT2D eigenvalue weighted by atomic mass is 16.5. The Balaban J connectivity index is 1.89. The number of hydrogen-bond donors (Lipinski definition) is 1. The average Bonchev–Trinajstić information content (AvgIpc) is 3.31. The van der Waals surface area contributed by atoms with Gasteiger partial charge in [0.05, 0.1) is 20.4 Å². The molecule has 0 aliphatic heterocycles. The van der Waals surface area contributed by atoms with E-state index in [-0.39, 0.29) is 0 Å². The number of hydrogen-bond acceptors (Lipinski definition) is 5. The molecule has 2 fully saturated rings. The molecule has 1 aromatic heterocycles. The Morgan fingerprint density at radius 2 is 2.00 bits per heavy atom. The van der Waals surface area contributed by atoms with Crippen LogP contribution < -0.4 is 9.47 Å². The van der Waals surface area contributed by atoms with Gasteiger partial charge < -0.3 is 14.6 Å². The molecule has 110 valence electrons. The van der Waals surface area contributed by atoms with Crippen molar-refractivity contribution in [3.63, 3.8) is 0 Å². The smallest absolute Gasteiger partial charge is 0.241 e. The van der Waals surface area contributed by atoms with Gasteiger partial charge in [-0.3, -0.25) is 0 Å². The molecule has 0 radical (unpaired) electrons. The summed E-state index contributed by atoms with van der Waals surface area (Å²) >= 11 is 0. The number of aliphatic hydroxyl groups is 1. The van der Waals surface area contributed by atoms with Crippen molar-refractivity contribution in [2.75, 3.05) is 14.2 Å². The summed E-state index contributed by atoms with van der Waals surface area (Å²) in [6, 6.07) is 0. The van der Waals surface area contributed by atoms with E-state index in [0.29, 0.717) is 23.4 Å². The van der Waals surface area contributed by atoms with E-state index in [1.54, 1.807) is 20.4 Å². The molecule has 3 rings (SSSR count). The van der Waals surface area contributed by atoms with Gasteiger partial charge in [0.25, 0.3) is 0 Å².